The van der Waals surface area contributed by atoms with Crippen molar-refractivity contribution in [2.45, 2.75) is 6.92 Å². The Hall–Kier alpha value is -0.420. The summed E-state index contributed by atoms with van der Waals surface area (Å²) in [5.41, 5.74) is 1.32. The van der Waals surface area contributed by atoms with Crippen molar-refractivity contribution in [2.24, 2.45) is 0 Å². The Morgan fingerprint density at radius 1 is 1.07 bits per heavy atom. The maximum Gasteiger partial charge on any atom is 0.139 e. The molecule has 4 nitrogen and oxygen atoms in total. The highest BCUT2D eigenvalue weighted by atomic mass is 15.7. The van der Waals surface area contributed by atoms with Gasteiger partial charge in [0.25, 0.3) is 0 Å². The van der Waals surface area contributed by atoms with E-state index in [0.717, 1.165) is 6.54 Å². The van der Waals surface area contributed by atoms with Crippen molar-refractivity contribution >= 4 is 0 Å². The molecule has 0 spiro atoms. The van der Waals surface area contributed by atoms with Crippen LogP contribution in [-0.2, 0) is 0 Å². The summed E-state index contributed by atoms with van der Waals surface area (Å²) in [7, 11) is 0. The summed E-state index contributed by atoms with van der Waals surface area (Å²) in [5, 5.41) is 0. The highest BCUT2D eigenvalue weighted by Crippen LogP contribution is 2.29. The van der Waals surface area contributed by atoms with Crippen LogP contribution in [0.15, 0.2) is 12.2 Å². The molecule has 0 aromatic rings. The molecule has 0 aromatic heterocycles. The number of quaternary nitrogens is 1. The van der Waals surface area contributed by atoms with Gasteiger partial charge in [0, 0.05) is 0 Å². The molecule has 4 rings (SSSR count). The van der Waals surface area contributed by atoms with Crippen LogP contribution >= 0.6 is 0 Å². The molecule has 0 atom stereocenters. The minimum absolute atomic E-state index is 1.14. The van der Waals surface area contributed by atoms with Gasteiger partial charge in [-0.1, -0.05) is 6.58 Å². The van der Waals surface area contributed by atoms with Crippen LogP contribution in [0.1, 0.15) is 6.92 Å². The van der Waals surface area contributed by atoms with Crippen LogP contribution in [0.25, 0.3) is 0 Å². The molecular formula is C10H19N4+. The Morgan fingerprint density at radius 3 is 1.86 bits per heavy atom. The highest BCUT2D eigenvalue weighted by Gasteiger charge is 2.48. The van der Waals surface area contributed by atoms with E-state index in [-0.39, 0.29) is 0 Å². The number of nitrogens with zero attached hydrogens (tertiary/aromatic N) is 4. The maximum atomic E-state index is 4.06. The zero-order valence-electron chi connectivity index (χ0n) is 8.95. The van der Waals surface area contributed by atoms with E-state index in [1.165, 1.54) is 50.1 Å². The molecule has 4 heterocycles. The second-order valence-electron chi connectivity index (χ2n) is 5.32. The predicted octanol–water partition coefficient (Wildman–Crippen LogP) is 0.0711. The quantitative estimate of drug-likeness (QED) is 0.456. The molecule has 78 valence electrons. The van der Waals surface area contributed by atoms with Gasteiger partial charge in [0.1, 0.15) is 26.6 Å². The molecular weight excluding hydrogens is 176 g/mol. The van der Waals surface area contributed by atoms with Crippen molar-refractivity contribution in [3.63, 3.8) is 0 Å². The second-order valence-corrected chi connectivity index (χ2v) is 5.32. The zero-order valence-corrected chi connectivity index (χ0v) is 8.95. The molecule has 0 radical (unpaired) electrons. The van der Waals surface area contributed by atoms with E-state index >= 15 is 0 Å². The van der Waals surface area contributed by atoms with Gasteiger partial charge in [0.05, 0.1) is 20.0 Å². The van der Waals surface area contributed by atoms with Crippen LogP contribution in [0.4, 0.5) is 0 Å². The molecule has 14 heavy (non-hydrogen) atoms. The van der Waals surface area contributed by atoms with Gasteiger partial charge in [-0.3, -0.25) is 4.48 Å². The van der Waals surface area contributed by atoms with Crippen LogP contribution < -0.4 is 0 Å². The van der Waals surface area contributed by atoms with E-state index in [1.807, 2.05) is 0 Å². The van der Waals surface area contributed by atoms with Gasteiger partial charge < -0.3 is 0 Å². The lowest BCUT2D eigenvalue weighted by Crippen LogP contribution is -2.79. The lowest BCUT2D eigenvalue weighted by atomic mass is 10.2. The summed E-state index contributed by atoms with van der Waals surface area (Å²) in [4.78, 5) is 7.62. The van der Waals surface area contributed by atoms with Crippen molar-refractivity contribution in [3.8, 4) is 0 Å². The van der Waals surface area contributed by atoms with Crippen molar-refractivity contribution < 1.29 is 4.48 Å². The third-order valence-corrected chi connectivity index (χ3v) is 3.31. The third kappa shape index (κ3) is 1.30. The number of hydrogen-bond donors (Lipinski definition) is 0. The molecule has 4 fully saturated rings. The van der Waals surface area contributed by atoms with Crippen LogP contribution in [0.5, 0.6) is 0 Å². The molecule has 4 bridgehead atoms. The lowest BCUT2D eigenvalue weighted by Gasteiger charge is -2.60. The SMILES string of the molecule is C=C(C)C[N+]12CN3CN(CN(C3)C1)C2. The molecule has 4 aliphatic rings. The van der Waals surface area contributed by atoms with Gasteiger partial charge in [-0.05, 0) is 12.5 Å². The topological polar surface area (TPSA) is 9.72 Å². The zero-order chi connectivity index (χ0) is 9.76. The maximum absolute atomic E-state index is 4.06. The van der Waals surface area contributed by atoms with Gasteiger partial charge in [0.15, 0.2) is 0 Å². The van der Waals surface area contributed by atoms with Crippen LogP contribution in [0.3, 0.4) is 0 Å². The van der Waals surface area contributed by atoms with Crippen molar-refractivity contribution in [2.75, 3.05) is 46.6 Å². The Kier molecular flexibility index (Phi) is 1.77. The first-order chi connectivity index (χ1) is 6.65. The van der Waals surface area contributed by atoms with Gasteiger partial charge in [-0.15, -0.1) is 0 Å². The predicted molar refractivity (Wildman–Crippen MR) is 54.7 cm³/mol. The molecule has 0 N–H and O–H groups in total. The van der Waals surface area contributed by atoms with Crippen LogP contribution in [-0.4, -0.2) is 65.7 Å². The molecule has 0 saturated carbocycles. The van der Waals surface area contributed by atoms with Crippen LogP contribution in [0, 0.1) is 0 Å². The molecule has 0 amide bonds. The van der Waals surface area contributed by atoms with Crippen molar-refractivity contribution in [3.05, 3.63) is 12.2 Å². The Morgan fingerprint density at radius 2 is 1.50 bits per heavy atom. The summed E-state index contributed by atoms with van der Waals surface area (Å²) < 4.78 is 1.19. The largest absolute Gasteiger partial charge is 0.282 e. The average Bonchev–Trinajstić information content (AvgIpc) is 1.96. The first-order valence-corrected chi connectivity index (χ1v) is 5.32. The first kappa shape index (κ1) is 8.85. The Balaban J connectivity index is 1.83. The van der Waals surface area contributed by atoms with Gasteiger partial charge in [0.2, 0.25) is 0 Å². The van der Waals surface area contributed by atoms with E-state index < -0.39 is 0 Å². The lowest BCUT2D eigenvalue weighted by molar-refractivity contribution is -0.976. The van der Waals surface area contributed by atoms with Crippen molar-refractivity contribution in [1.82, 2.24) is 14.7 Å². The summed E-state index contributed by atoms with van der Waals surface area (Å²) in [5.74, 6) is 0. The van der Waals surface area contributed by atoms with E-state index in [9.17, 15) is 0 Å². The fourth-order valence-corrected chi connectivity index (χ4v) is 3.38. The summed E-state index contributed by atoms with van der Waals surface area (Å²) in [6, 6.07) is 0. The number of rotatable bonds is 2. The summed E-state index contributed by atoms with van der Waals surface area (Å²) in [6.07, 6.45) is 0. The molecule has 0 aliphatic carbocycles. The smallest absolute Gasteiger partial charge is 0.139 e. The fourth-order valence-electron chi connectivity index (χ4n) is 3.38. The van der Waals surface area contributed by atoms with Gasteiger partial charge in [-0.25, -0.2) is 14.7 Å². The van der Waals surface area contributed by atoms with Gasteiger partial charge >= 0.3 is 0 Å². The third-order valence-electron chi connectivity index (χ3n) is 3.31. The normalized spacial score (nSPS) is 49.6. The summed E-state index contributed by atoms with van der Waals surface area (Å²) in [6.45, 7) is 14.5. The second kappa shape index (κ2) is 2.79. The fraction of sp³-hybridized carbons (Fsp3) is 0.800. The standard InChI is InChI=1S/C10H19N4/c1-10(2)3-14-7-11-4-12(8-14)6-13(5-11)9-14/h1,3-9H2,2H3/q+1. The first-order valence-electron chi connectivity index (χ1n) is 5.32. The molecule has 4 heteroatoms. The number of hydrogen-bond acceptors (Lipinski definition) is 3. The highest BCUT2D eigenvalue weighted by molar-refractivity contribution is 4.89. The monoisotopic (exact) mass is 195 g/mol. The molecule has 4 aliphatic heterocycles. The van der Waals surface area contributed by atoms with E-state index in [4.69, 9.17) is 0 Å². The van der Waals surface area contributed by atoms with E-state index in [0.29, 0.717) is 0 Å². The summed E-state index contributed by atoms with van der Waals surface area (Å²) >= 11 is 0. The Bertz CT molecular complexity index is 238. The molecule has 0 unspecified atom stereocenters. The minimum atomic E-state index is 1.14. The average molecular weight is 195 g/mol. The molecule has 0 aromatic carbocycles. The van der Waals surface area contributed by atoms with E-state index in [2.05, 4.69) is 28.2 Å². The minimum Gasteiger partial charge on any atom is -0.282 e. The van der Waals surface area contributed by atoms with Crippen molar-refractivity contribution in [1.29, 1.82) is 0 Å². The van der Waals surface area contributed by atoms with Gasteiger partial charge in [-0.2, -0.15) is 0 Å². The van der Waals surface area contributed by atoms with Crippen LogP contribution in [0.2, 0.25) is 0 Å². The Labute approximate surface area is 85.6 Å². The van der Waals surface area contributed by atoms with E-state index in [1.54, 1.807) is 0 Å². The molecule has 4 saturated heterocycles.